The molecule has 0 aliphatic carbocycles. The molecule has 168 valence electrons. The lowest BCUT2D eigenvalue weighted by Crippen LogP contribution is -2.16. The van der Waals surface area contributed by atoms with Crippen LogP contribution in [0.3, 0.4) is 0 Å². The number of aromatic nitrogens is 1. The molecule has 0 atom stereocenters. The zero-order valence-electron chi connectivity index (χ0n) is 16.9. The standard InChI is InChI=1S/C21H18F3N3O4S/c1-12(28)26-16-5-4-14(21(22,23)24)8-17(16)27-20(29)13-3-6-18(19(7-13)30-2)31-9-15-10-32-11-25-15/h3-8,10-11H,9H2,1-2H3,(H,26,28)(H,27,29). The van der Waals surface area contributed by atoms with Crippen LogP contribution in [0.25, 0.3) is 0 Å². The van der Waals surface area contributed by atoms with Gasteiger partial charge in [0.1, 0.15) is 6.61 Å². The number of halogens is 3. The van der Waals surface area contributed by atoms with E-state index in [4.69, 9.17) is 9.47 Å². The number of methoxy groups -OCH3 is 1. The van der Waals surface area contributed by atoms with E-state index in [2.05, 4.69) is 15.6 Å². The molecule has 7 nitrogen and oxygen atoms in total. The fourth-order valence-electron chi connectivity index (χ4n) is 2.71. The van der Waals surface area contributed by atoms with Crippen molar-refractivity contribution in [3.05, 3.63) is 64.1 Å². The van der Waals surface area contributed by atoms with Gasteiger partial charge in [-0.05, 0) is 36.4 Å². The van der Waals surface area contributed by atoms with Crippen LogP contribution in [-0.2, 0) is 17.6 Å². The van der Waals surface area contributed by atoms with Crippen LogP contribution < -0.4 is 20.1 Å². The van der Waals surface area contributed by atoms with Crippen molar-refractivity contribution in [2.75, 3.05) is 17.7 Å². The molecule has 3 aromatic rings. The molecule has 1 heterocycles. The molecule has 0 fully saturated rings. The Morgan fingerprint density at radius 3 is 2.47 bits per heavy atom. The molecule has 0 aliphatic heterocycles. The monoisotopic (exact) mass is 465 g/mol. The predicted octanol–water partition coefficient (Wildman–Crippen LogP) is 4.96. The number of ether oxygens (including phenoxy) is 2. The normalized spacial score (nSPS) is 11.0. The molecule has 1 aromatic heterocycles. The van der Waals surface area contributed by atoms with E-state index in [0.29, 0.717) is 5.75 Å². The molecule has 0 saturated heterocycles. The van der Waals surface area contributed by atoms with E-state index in [1.54, 1.807) is 5.51 Å². The molecule has 0 unspecified atom stereocenters. The quantitative estimate of drug-likeness (QED) is 0.515. The van der Waals surface area contributed by atoms with Crippen molar-refractivity contribution < 1.29 is 32.2 Å². The van der Waals surface area contributed by atoms with Crippen molar-refractivity contribution in [1.82, 2.24) is 4.98 Å². The SMILES string of the molecule is COc1cc(C(=O)Nc2cc(C(F)(F)F)ccc2NC(C)=O)ccc1OCc1cscn1. The van der Waals surface area contributed by atoms with Crippen LogP contribution in [0.2, 0.25) is 0 Å². The molecule has 3 rings (SSSR count). The van der Waals surface area contributed by atoms with Gasteiger partial charge in [-0.3, -0.25) is 9.59 Å². The van der Waals surface area contributed by atoms with E-state index >= 15 is 0 Å². The van der Waals surface area contributed by atoms with Crippen LogP contribution in [0.5, 0.6) is 11.5 Å². The molecule has 2 amide bonds. The van der Waals surface area contributed by atoms with Gasteiger partial charge in [0.25, 0.3) is 5.91 Å². The Kier molecular flexibility index (Phi) is 6.98. The highest BCUT2D eigenvalue weighted by atomic mass is 32.1. The van der Waals surface area contributed by atoms with Gasteiger partial charge in [-0.2, -0.15) is 13.2 Å². The minimum Gasteiger partial charge on any atom is -0.493 e. The molecule has 32 heavy (non-hydrogen) atoms. The summed E-state index contributed by atoms with van der Waals surface area (Å²) in [6, 6.07) is 7.01. The predicted molar refractivity (Wildman–Crippen MR) is 113 cm³/mol. The molecule has 0 bridgehead atoms. The average Bonchev–Trinajstić information content (AvgIpc) is 3.25. The number of carbonyl (C=O) groups is 2. The Hall–Kier alpha value is -3.60. The maximum Gasteiger partial charge on any atom is 0.416 e. The summed E-state index contributed by atoms with van der Waals surface area (Å²) in [5.41, 5.74) is 1.40. The van der Waals surface area contributed by atoms with Crippen LogP contribution in [0.15, 0.2) is 47.3 Å². The number of anilines is 2. The van der Waals surface area contributed by atoms with E-state index in [1.165, 1.54) is 43.6 Å². The van der Waals surface area contributed by atoms with Gasteiger partial charge in [0.2, 0.25) is 5.91 Å². The van der Waals surface area contributed by atoms with E-state index in [9.17, 15) is 22.8 Å². The van der Waals surface area contributed by atoms with E-state index < -0.39 is 23.6 Å². The summed E-state index contributed by atoms with van der Waals surface area (Å²) in [6.45, 7) is 1.41. The van der Waals surface area contributed by atoms with Gasteiger partial charge >= 0.3 is 6.18 Å². The van der Waals surface area contributed by atoms with Crippen molar-refractivity contribution in [3.8, 4) is 11.5 Å². The van der Waals surface area contributed by atoms with Gasteiger partial charge in [0.05, 0.1) is 35.3 Å². The van der Waals surface area contributed by atoms with Crippen molar-refractivity contribution in [2.45, 2.75) is 19.7 Å². The molecule has 0 radical (unpaired) electrons. The highest BCUT2D eigenvalue weighted by Crippen LogP contribution is 2.35. The van der Waals surface area contributed by atoms with Crippen LogP contribution in [0.1, 0.15) is 28.5 Å². The summed E-state index contributed by atoms with van der Waals surface area (Å²) < 4.78 is 50.2. The van der Waals surface area contributed by atoms with Gasteiger partial charge in [-0.25, -0.2) is 4.98 Å². The van der Waals surface area contributed by atoms with Crippen molar-refractivity contribution in [3.63, 3.8) is 0 Å². The number of amides is 2. The lowest BCUT2D eigenvalue weighted by molar-refractivity contribution is -0.137. The maximum absolute atomic E-state index is 13.1. The number of hydrogen-bond acceptors (Lipinski definition) is 6. The number of carbonyl (C=O) groups excluding carboxylic acids is 2. The third kappa shape index (κ3) is 5.76. The van der Waals surface area contributed by atoms with Gasteiger partial charge in [0, 0.05) is 17.9 Å². The lowest BCUT2D eigenvalue weighted by Gasteiger charge is -2.15. The number of nitrogens with zero attached hydrogens (tertiary/aromatic N) is 1. The van der Waals surface area contributed by atoms with Crippen LogP contribution in [0.4, 0.5) is 24.5 Å². The second kappa shape index (κ2) is 9.69. The molecular formula is C21H18F3N3O4S. The van der Waals surface area contributed by atoms with E-state index in [1.807, 2.05) is 5.38 Å². The summed E-state index contributed by atoms with van der Waals surface area (Å²) in [7, 11) is 1.40. The molecule has 0 spiro atoms. The van der Waals surface area contributed by atoms with Gasteiger partial charge in [-0.15, -0.1) is 11.3 Å². The number of nitrogens with one attached hydrogen (secondary N) is 2. The molecule has 0 aliphatic rings. The largest absolute Gasteiger partial charge is 0.493 e. The van der Waals surface area contributed by atoms with E-state index in [-0.39, 0.29) is 29.3 Å². The molecule has 2 aromatic carbocycles. The van der Waals surface area contributed by atoms with Gasteiger partial charge in [-0.1, -0.05) is 0 Å². The number of hydrogen-bond donors (Lipinski definition) is 2. The summed E-state index contributed by atoms with van der Waals surface area (Å²) in [4.78, 5) is 28.2. The first-order chi connectivity index (χ1) is 15.2. The first-order valence-electron chi connectivity index (χ1n) is 9.15. The van der Waals surface area contributed by atoms with Crippen molar-refractivity contribution >= 4 is 34.5 Å². The Morgan fingerprint density at radius 1 is 1.06 bits per heavy atom. The van der Waals surface area contributed by atoms with Gasteiger partial charge in [0.15, 0.2) is 11.5 Å². The summed E-state index contributed by atoms with van der Waals surface area (Å²) >= 11 is 1.43. The Labute approximate surface area is 185 Å². The fraction of sp³-hybridized carbons (Fsp3) is 0.190. The number of thiazole rings is 1. The van der Waals surface area contributed by atoms with Crippen LogP contribution >= 0.6 is 11.3 Å². The summed E-state index contributed by atoms with van der Waals surface area (Å²) in [5.74, 6) is -0.558. The second-order valence-electron chi connectivity index (χ2n) is 6.53. The average molecular weight is 465 g/mol. The topological polar surface area (TPSA) is 89.6 Å². The molecule has 11 heteroatoms. The minimum absolute atomic E-state index is 0.0361. The van der Waals surface area contributed by atoms with Crippen LogP contribution in [0, 0.1) is 0 Å². The minimum atomic E-state index is -4.62. The van der Waals surface area contributed by atoms with Gasteiger partial charge < -0.3 is 20.1 Å². The highest BCUT2D eigenvalue weighted by Gasteiger charge is 2.31. The van der Waals surface area contributed by atoms with Crippen molar-refractivity contribution in [2.24, 2.45) is 0 Å². The summed E-state index contributed by atoms with van der Waals surface area (Å²) in [6.07, 6.45) is -4.62. The zero-order chi connectivity index (χ0) is 23.3. The highest BCUT2D eigenvalue weighted by molar-refractivity contribution is 7.07. The third-order valence-electron chi connectivity index (χ3n) is 4.19. The number of alkyl halides is 3. The second-order valence-corrected chi connectivity index (χ2v) is 7.25. The zero-order valence-corrected chi connectivity index (χ0v) is 17.8. The first-order valence-corrected chi connectivity index (χ1v) is 10.1. The molecule has 2 N–H and O–H groups in total. The Bertz CT molecular complexity index is 1120. The van der Waals surface area contributed by atoms with Crippen molar-refractivity contribution in [1.29, 1.82) is 0 Å². The maximum atomic E-state index is 13.1. The third-order valence-corrected chi connectivity index (χ3v) is 4.83. The molecular weight excluding hydrogens is 447 g/mol. The summed E-state index contributed by atoms with van der Waals surface area (Å²) in [5, 5.41) is 6.64. The van der Waals surface area contributed by atoms with E-state index in [0.717, 1.165) is 23.9 Å². The Morgan fingerprint density at radius 2 is 1.84 bits per heavy atom. The smallest absolute Gasteiger partial charge is 0.416 e. The van der Waals surface area contributed by atoms with Crippen LogP contribution in [-0.4, -0.2) is 23.9 Å². The fourth-order valence-corrected chi connectivity index (χ4v) is 3.25. The molecule has 0 saturated carbocycles. The first kappa shape index (κ1) is 23.1. The number of benzene rings is 2. The Balaban J connectivity index is 1.83. The lowest BCUT2D eigenvalue weighted by atomic mass is 10.1. The number of rotatable bonds is 7.